The average molecular weight is 322 g/mol. The molecular weight excluding hydrogens is 292 g/mol. The number of carbonyl (C=O) groups excluding carboxylic acids is 1. The highest BCUT2D eigenvalue weighted by Gasteiger charge is 2.48. The van der Waals surface area contributed by atoms with Crippen LogP contribution in [-0.4, -0.2) is 30.6 Å². The van der Waals surface area contributed by atoms with Crippen LogP contribution in [0.15, 0.2) is 12.2 Å². The van der Waals surface area contributed by atoms with Gasteiger partial charge in [0.2, 0.25) is 0 Å². The molecule has 1 spiro atoms. The fraction of sp³-hybridized carbons (Fsp3) is 0.842. The van der Waals surface area contributed by atoms with Crippen molar-refractivity contribution in [2.75, 3.05) is 6.61 Å². The fourth-order valence-electron chi connectivity index (χ4n) is 3.68. The number of allylic oxidation sites excluding steroid dienone is 1. The van der Waals surface area contributed by atoms with Gasteiger partial charge < -0.3 is 14.2 Å². The highest BCUT2D eigenvalue weighted by Crippen LogP contribution is 2.43. The second-order valence-corrected chi connectivity index (χ2v) is 7.93. The van der Waals surface area contributed by atoms with Gasteiger partial charge in [0.15, 0.2) is 5.79 Å². The van der Waals surface area contributed by atoms with Crippen LogP contribution < -0.4 is 0 Å². The van der Waals surface area contributed by atoms with Gasteiger partial charge >= 0.3 is 5.97 Å². The SMILES string of the molecule is CCC(C)(C)C(=O)OCC1CCC2OC3(C=CCCC3)OC2C1. The van der Waals surface area contributed by atoms with E-state index in [1.165, 1.54) is 0 Å². The maximum atomic E-state index is 12.1. The molecule has 0 radical (unpaired) electrons. The third-order valence-electron chi connectivity index (χ3n) is 5.70. The Labute approximate surface area is 139 Å². The van der Waals surface area contributed by atoms with E-state index in [-0.39, 0.29) is 23.6 Å². The lowest BCUT2D eigenvalue weighted by atomic mass is 9.85. The van der Waals surface area contributed by atoms with E-state index in [9.17, 15) is 4.79 Å². The van der Waals surface area contributed by atoms with E-state index >= 15 is 0 Å². The first-order valence-corrected chi connectivity index (χ1v) is 9.15. The Morgan fingerprint density at radius 2 is 2.09 bits per heavy atom. The minimum Gasteiger partial charge on any atom is -0.465 e. The van der Waals surface area contributed by atoms with Crippen molar-refractivity contribution in [2.45, 2.75) is 83.7 Å². The number of hydrogen-bond donors (Lipinski definition) is 0. The standard InChI is InChI=1S/C19H30O4/c1-4-18(2,3)17(20)21-13-14-8-9-15-16(12-14)23-19(22-15)10-6-5-7-11-19/h6,10,14-16H,4-5,7-9,11-13H2,1-3H3. The van der Waals surface area contributed by atoms with E-state index in [0.29, 0.717) is 12.5 Å². The van der Waals surface area contributed by atoms with Crippen molar-refractivity contribution in [2.24, 2.45) is 11.3 Å². The largest absolute Gasteiger partial charge is 0.465 e. The quantitative estimate of drug-likeness (QED) is 0.580. The van der Waals surface area contributed by atoms with Gasteiger partial charge in [0.1, 0.15) is 0 Å². The lowest BCUT2D eigenvalue weighted by Gasteiger charge is -2.30. The molecule has 0 aromatic heterocycles. The third kappa shape index (κ3) is 3.63. The van der Waals surface area contributed by atoms with Gasteiger partial charge in [-0.25, -0.2) is 0 Å². The van der Waals surface area contributed by atoms with Crippen LogP contribution in [-0.2, 0) is 19.0 Å². The molecule has 1 saturated carbocycles. The van der Waals surface area contributed by atoms with Crippen LogP contribution in [0.2, 0.25) is 0 Å². The molecule has 0 aromatic rings. The molecule has 1 aliphatic heterocycles. The summed E-state index contributed by atoms with van der Waals surface area (Å²) < 4.78 is 18.1. The number of fused-ring (bicyclic) bond motifs is 1. The number of rotatable bonds is 4. The van der Waals surface area contributed by atoms with Crippen LogP contribution >= 0.6 is 0 Å². The smallest absolute Gasteiger partial charge is 0.311 e. The van der Waals surface area contributed by atoms with Crippen molar-refractivity contribution < 1.29 is 19.0 Å². The lowest BCUT2D eigenvalue weighted by molar-refractivity contribution is -0.156. The first kappa shape index (κ1) is 17.0. The molecule has 2 fully saturated rings. The van der Waals surface area contributed by atoms with Crippen molar-refractivity contribution in [1.82, 2.24) is 0 Å². The van der Waals surface area contributed by atoms with Gasteiger partial charge in [0, 0.05) is 6.42 Å². The van der Waals surface area contributed by atoms with Crippen LogP contribution in [0.5, 0.6) is 0 Å². The molecule has 4 atom stereocenters. The van der Waals surface area contributed by atoms with E-state index in [0.717, 1.165) is 44.9 Å². The molecule has 23 heavy (non-hydrogen) atoms. The molecule has 4 heteroatoms. The fourth-order valence-corrected chi connectivity index (χ4v) is 3.68. The zero-order chi connectivity index (χ0) is 16.5. The molecule has 1 heterocycles. The summed E-state index contributed by atoms with van der Waals surface area (Å²) in [6, 6.07) is 0. The molecular formula is C19H30O4. The lowest BCUT2D eigenvalue weighted by Crippen LogP contribution is -2.34. The molecule has 0 N–H and O–H groups in total. The predicted molar refractivity (Wildman–Crippen MR) is 87.8 cm³/mol. The molecule has 3 rings (SSSR count). The second kappa shape index (κ2) is 6.56. The van der Waals surface area contributed by atoms with Gasteiger partial charge in [0.05, 0.1) is 24.2 Å². The van der Waals surface area contributed by atoms with Gasteiger partial charge in [-0.3, -0.25) is 4.79 Å². The summed E-state index contributed by atoms with van der Waals surface area (Å²) >= 11 is 0. The molecule has 0 amide bonds. The van der Waals surface area contributed by atoms with Gasteiger partial charge in [-0.2, -0.15) is 0 Å². The first-order valence-electron chi connectivity index (χ1n) is 9.15. The molecule has 130 valence electrons. The average Bonchev–Trinajstić information content (AvgIpc) is 2.89. The van der Waals surface area contributed by atoms with E-state index < -0.39 is 5.79 Å². The van der Waals surface area contributed by atoms with Crippen molar-refractivity contribution in [1.29, 1.82) is 0 Å². The van der Waals surface area contributed by atoms with Crippen molar-refractivity contribution >= 4 is 5.97 Å². The van der Waals surface area contributed by atoms with Crippen LogP contribution in [0.1, 0.15) is 65.7 Å². The Bertz CT molecular complexity index is 470. The summed E-state index contributed by atoms with van der Waals surface area (Å²) in [4.78, 5) is 12.1. The predicted octanol–water partition coefficient (Wildman–Crippen LogP) is 3.99. The monoisotopic (exact) mass is 322 g/mol. The van der Waals surface area contributed by atoms with E-state index in [4.69, 9.17) is 14.2 Å². The molecule has 4 unspecified atom stereocenters. The summed E-state index contributed by atoms with van der Waals surface area (Å²) in [5.41, 5.74) is -0.388. The number of esters is 1. The number of carbonyl (C=O) groups is 1. The van der Waals surface area contributed by atoms with Crippen LogP contribution in [0.25, 0.3) is 0 Å². The van der Waals surface area contributed by atoms with Crippen molar-refractivity contribution in [3.05, 3.63) is 12.2 Å². The van der Waals surface area contributed by atoms with E-state index in [1.807, 2.05) is 20.8 Å². The Balaban J connectivity index is 1.51. The van der Waals surface area contributed by atoms with E-state index in [2.05, 4.69) is 12.2 Å². The van der Waals surface area contributed by atoms with Crippen LogP contribution in [0, 0.1) is 11.3 Å². The Morgan fingerprint density at radius 1 is 1.30 bits per heavy atom. The van der Waals surface area contributed by atoms with E-state index in [1.54, 1.807) is 0 Å². The molecule has 2 aliphatic carbocycles. The minimum absolute atomic E-state index is 0.0857. The molecule has 4 nitrogen and oxygen atoms in total. The van der Waals surface area contributed by atoms with Crippen molar-refractivity contribution in [3.8, 4) is 0 Å². The molecule has 1 saturated heterocycles. The molecule has 3 aliphatic rings. The van der Waals surface area contributed by atoms with Gasteiger partial charge in [-0.15, -0.1) is 0 Å². The Kier molecular flexibility index (Phi) is 4.84. The van der Waals surface area contributed by atoms with Crippen LogP contribution in [0.3, 0.4) is 0 Å². The summed E-state index contributed by atoms with van der Waals surface area (Å²) in [5, 5.41) is 0. The first-order chi connectivity index (χ1) is 10.9. The summed E-state index contributed by atoms with van der Waals surface area (Å²) in [5.74, 6) is -0.167. The maximum absolute atomic E-state index is 12.1. The molecule has 0 bridgehead atoms. The topological polar surface area (TPSA) is 44.8 Å². The highest BCUT2D eigenvalue weighted by molar-refractivity contribution is 5.75. The van der Waals surface area contributed by atoms with Gasteiger partial charge in [-0.1, -0.05) is 13.0 Å². The van der Waals surface area contributed by atoms with Gasteiger partial charge in [-0.05, 0) is 64.4 Å². The summed E-state index contributed by atoms with van der Waals surface area (Å²) in [6.07, 6.45) is 11.6. The summed E-state index contributed by atoms with van der Waals surface area (Å²) in [6.45, 7) is 6.42. The zero-order valence-electron chi connectivity index (χ0n) is 14.7. The van der Waals surface area contributed by atoms with Crippen LogP contribution in [0.4, 0.5) is 0 Å². The Hall–Kier alpha value is -0.870. The third-order valence-corrected chi connectivity index (χ3v) is 5.70. The highest BCUT2D eigenvalue weighted by atomic mass is 16.8. The van der Waals surface area contributed by atoms with Gasteiger partial charge in [0.25, 0.3) is 0 Å². The normalized spacial score (nSPS) is 36.9. The minimum atomic E-state index is -0.469. The Morgan fingerprint density at radius 3 is 2.78 bits per heavy atom. The second-order valence-electron chi connectivity index (χ2n) is 7.93. The zero-order valence-corrected chi connectivity index (χ0v) is 14.7. The number of ether oxygens (including phenoxy) is 3. The molecule has 0 aromatic carbocycles. The summed E-state index contributed by atoms with van der Waals surface area (Å²) in [7, 11) is 0. The number of hydrogen-bond acceptors (Lipinski definition) is 4. The maximum Gasteiger partial charge on any atom is 0.311 e. The van der Waals surface area contributed by atoms with Crippen molar-refractivity contribution in [3.63, 3.8) is 0 Å².